The lowest BCUT2D eigenvalue weighted by Gasteiger charge is -2.06. The smallest absolute Gasteiger partial charge is 0.146 e. The van der Waals surface area contributed by atoms with E-state index in [2.05, 4.69) is 5.92 Å². The minimum absolute atomic E-state index is 0.526. The fourth-order valence-corrected chi connectivity index (χ4v) is 2.27. The molecular weight excluding hydrogens is 244 g/mol. The highest BCUT2D eigenvalue weighted by molar-refractivity contribution is 7.08. The third-order valence-corrected chi connectivity index (χ3v) is 3.23. The third kappa shape index (κ3) is 3.13. The molecule has 1 aromatic heterocycles. The first-order valence-electron chi connectivity index (χ1n) is 5.56. The summed E-state index contributed by atoms with van der Waals surface area (Å²) in [6.07, 6.45) is 5.38. The highest BCUT2D eigenvalue weighted by atomic mass is 32.1. The zero-order valence-electron chi connectivity index (χ0n) is 10.2. The van der Waals surface area contributed by atoms with E-state index in [1.807, 2.05) is 35.0 Å². The molecule has 0 saturated carbocycles. The number of hydrogen-bond acceptors (Lipinski definition) is 3. The van der Waals surface area contributed by atoms with E-state index < -0.39 is 0 Å². The van der Waals surface area contributed by atoms with Crippen molar-refractivity contribution in [1.29, 1.82) is 0 Å². The molecule has 0 aliphatic rings. The summed E-state index contributed by atoms with van der Waals surface area (Å²) in [5.41, 5.74) is 3.08. The second kappa shape index (κ2) is 6.25. The minimum atomic E-state index is 0.526. The van der Waals surface area contributed by atoms with E-state index in [4.69, 9.17) is 15.9 Å². The van der Waals surface area contributed by atoms with Gasteiger partial charge in [0.1, 0.15) is 12.4 Å². The van der Waals surface area contributed by atoms with Crippen LogP contribution in [0.2, 0.25) is 0 Å². The average Bonchev–Trinajstić information content (AvgIpc) is 2.86. The minimum Gasteiger partial charge on any atom is -0.487 e. The molecule has 3 heteroatoms. The molecule has 2 nitrogen and oxygen atoms in total. The van der Waals surface area contributed by atoms with E-state index in [-0.39, 0.29) is 0 Å². The van der Waals surface area contributed by atoms with Crippen LogP contribution in [0, 0.1) is 12.3 Å². The Hall–Kier alpha value is -1.76. The maximum Gasteiger partial charge on any atom is 0.146 e. The Balaban J connectivity index is 1.96. The van der Waals surface area contributed by atoms with Gasteiger partial charge in [-0.15, -0.1) is 17.8 Å². The van der Waals surface area contributed by atoms with Gasteiger partial charge in [-0.2, -0.15) is 0 Å². The summed E-state index contributed by atoms with van der Waals surface area (Å²) < 4.78 is 10.8. The van der Waals surface area contributed by atoms with Gasteiger partial charge in [0.15, 0.2) is 0 Å². The number of terminal acetylenes is 1. The van der Waals surface area contributed by atoms with E-state index in [1.165, 1.54) is 0 Å². The molecule has 18 heavy (non-hydrogen) atoms. The van der Waals surface area contributed by atoms with Crippen LogP contribution in [-0.4, -0.2) is 7.11 Å². The predicted octanol–water partition coefficient (Wildman–Crippen LogP) is 3.45. The molecule has 92 valence electrons. The van der Waals surface area contributed by atoms with E-state index in [0.29, 0.717) is 13.2 Å². The van der Waals surface area contributed by atoms with Crippen LogP contribution in [-0.2, 0) is 18.0 Å². The van der Waals surface area contributed by atoms with Crippen molar-refractivity contribution in [3.05, 3.63) is 51.7 Å². The molecule has 0 amide bonds. The van der Waals surface area contributed by atoms with Gasteiger partial charge in [0.25, 0.3) is 0 Å². The lowest BCUT2D eigenvalue weighted by molar-refractivity contribution is 0.185. The Kier molecular flexibility index (Phi) is 4.40. The van der Waals surface area contributed by atoms with Crippen molar-refractivity contribution in [2.24, 2.45) is 0 Å². The van der Waals surface area contributed by atoms with Gasteiger partial charge in [-0.25, -0.2) is 0 Å². The predicted molar refractivity (Wildman–Crippen MR) is 73.7 cm³/mol. The van der Waals surface area contributed by atoms with Gasteiger partial charge in [0, 0.05) is 17.9 Å². The van der Waals surface area contributed by atoms with Crippen molar-refractivity contribution >= 4 is 11.3 Å². The van der Waals surface area contributed by atoms with Crippen molar-refractivity contribution in [2.75, 3.05) is 7.11 Å². The van der Waals surface area contributed by atoms with Gasteiger partial charge in [-0.1, -0.05) is 30.2 Å². The number of methoxy groups -OCH3 is 1. The number of ether oxygens (including phenoxy) is 2. The Morgan fingerprint density at radius 3 is 2.39 bits per heavy atom. The Bertz CT molecular complexity index is 534. The van der Waals surface area contributed by atoms with Crippen LogP contribution in [0.5, 0.6) is 5.75 Å². The molecule has 0 spiro atoms. The van der Waals surface area contributed by atoms with Gasteiger partial charge < -0.3 is 9.47 Å². The molecule has 2 aromatic rings. The van der Waals surface area contributed by atoms with E-state index in [0.717, 1.165) is 22.4 Å². The summed E-state index contributed by atoms with van der Waals surface area (Å²) >= 11 is 1.55. The van der Waals surface area contributed by atoms with Crippen LogP contribution in [0.4, 0.5) is 0 Å². The fourth-order valence-electron chi connectivity index (χ4n) is 1.56. The van der Waals surface area contributed by atoms with E-state index in [1.54, 1.807) is 18.4 Å². The summed E-state index contributed by atoms with van der Waals surface area (Å²) in [5, 5.41) is 3.84. The van der Waals surface area contributed by atoms with Gasteiger partial charge in [0.2, 0.25) is 0 Å². The van der Waals surface area contributed by atoms with Crippen LogP contribution in [0.1, 0.15) is 16.7 Å². The molecule has 0 fully saturated rings. The largest absolute Gasteiger partial charge is 0.487 e. The molecule has 0 radical (unpaired) electrons. The van der Waals surface area contributed by atoms with Crippen molar-refractivity contribution < 1.29 is 9.47 Å². The van der Waals surface area contributed by atoms with E-state index >= 15 is 0 Å². The zero-order chi connectivity index (χ0) is 12.8. The SMILES string of the molecule is C#Cc1cscc1OCc1ccc(COC)cc1. The van der Waals surface area contributed by atoms with Crippen molar-refractivity contribution in [3.8, 4) is 18.1 Å². The average molecular weight is 258 g/mol. The first kappa shape index (κ1) is 12.7. The molecule has 1 heterocycles. The van der Waals surface area contributed by atoms with Crippen molar-refractivity contribution in [2.45, 2.75) is 13.2 Å². The fraction of sp³-hybridized carbons (Fsp3) is 0.200. The molecule has 0 bridgehead atoms. The molecule has 0 aliphatic carbocycles. The van der Waals surface area contributed by atoms with Crippen LogP contribution >= 0.6 is 11.3 Å². The first-order chi connectivity index (χ1) is 8.83. The highest BCUT2D eigenvalue weighted by Crippen LogP contribution is 2.23. The Morgan fingerprint density at radius 1 is 1.11 bits per heavy atom. The summed E-state index contributed by atoms with van der Waals surface area (Å²) in [5.74, 6) is 3.39. The number of thiophene rings is 1. The quantitative estimate of drug-likeness (QED) is 0.765. The monoisotopic (exact) mass is 258 g/mol. The lowest BCUT2D eigenvalue weighted by atomic mass is 10.1. The van der Waals surface area contributed by atoms with Crippen molar-refractivity contribution in [3.63, 3.8) is 0 Å². The van der Waals surface area contributed by atoms with Gasteiger partial charge >= 0.3 is 0 Å². The molecule has 0 saturated heterocycles. The van der Waals surface area contributed by atoms with Crippen LogP contribution in [0.3, 0.4) is 0 Å². The highest BCUT2D eigenvalue weighted by Gasteiger charge is 2.02. The number of hydrogen-bond donors (Lipinski definition) is 0. The molecule has 0 unspecified atom stereocenters. The maximum absolute atomic E-state index is 5.69. The lowest BCUT2D eigenvalue weighted by Crippen LogP contribution is -1.96. The summed E-state index contributed by atoms with van der Waals surface area (Å²) in [4.78, 5) is 0. The standard InChI is InChI=1S/C15H14O2S/c1-3-14-10-18-11-15(14)17-9-13-6-4-12(5-7-13)8-16-2/h1,4-7,10-11H,8-9H2,2H3. The van der Waals surface area contributed by atoms with Gasteiger partial charge in [-0.05, 0) is 11.1 Å². The molecule has 2 rings (SSSR count). The zero-order valence-corrected chi connectivity index (χ0v) is 11.0. The summed E-state index contributed by atoms with van der Waals surface area (Å²) in [7, 11) is 1.69. The summed E-state index contributed by atoms with van der Waals surface area (Å²) in [6.45, 7) is 1.16. The number of rotatable bonds is 5. The normalized spacial score (nSPS) is 10.0. The van der Waals surface area contributed by atoms with E-state index in [9.17, 15) is 0 Å². The van der Waals surface area contributed by atoms with Gasteiger partial charge in [-0.3, -0.25) is 0 Å². The van der Waals surface area contributed by atoms with Crippen LogP contribution in [0.25, 0.3) is 0 Å². The van der Waals surface area contributed by atoms with Crippen LogP contribution < -0.4 is 4.74 Å². The second-order valence-electron chi connectivity index (χ2n) is 3.83. The Labute approximate surface area is 111 Å². The number of benzene rings is 1. The topological polar surface area (TPSA) is 18.5 Å². The summed E-state index contributed by atoms with van der Waals surface area (Å²) in [6, 6.07) is 8.16. The molecule has 0 N–H and O–H groups in total. The van der Waals surface area contributed by atoms with Crippen LogP contribution in [0.15, 0.2) is 35.0 Å². The first-order valence-corrected chi connectivity index (χ1v) is 6.50. The maximum atomic E-state index is 5.69. The molecule has 1 aromatic carbocycles. The molecule has 0 aliphatic heterocycles. The third-order valence-electron chi connectivity index (χ3n) is 2.51. The Morgan fingerprint density at radius 2 is 1.78 bits per heavy atom. The second-order valence-corrected chi connectivity index (χ2v) is 4.58. The molecule has 0 atom stereocenters. The van der Waals surface area contributed by atoms with Crippen molar-refractivity contribution in [1.82, 2.24) is 0 Å². The molecular formula is C15H14O2S. The van der Waals surface area contributed by atoms with Gasteiger partial charge in [0.05, 0.1) is 12.2 Å².